The van der Waals surface area contributed by atoms with Crippen LogP contribution in [0.5, 0.6) is 11.5 Å². The first-order chi connectivity index (χ1) is 12.1. The van der Waals surface area contributed by atoms with Gasteiger partial charge < -0.3 is 20.1 Å². The van der Waals surface area contributed by atoms with Crippen LogP contribution in [0.1, 0.15) is 15.9 Å². The molecule has 132 valence electrons. The summed E-state index contributed by atoms with van der Waals surface area (Å²) in [5.74, 6) is 0.279. The van der Waals surface area contributed by atoms with Crippen molar-refractivity contribution in [3.8, 4) is 11.5 Å². The minimum absolute atomic E-state index is 0.209. The fourth-order valence-corrected chi connectivity index (χ4v) is 2.21. The number of halogens is 1. The molecule has 2 aromatic rings. The number of amides is 2. The predicted octanol–water partition coefficient (Wildman–Crippen LogP) is 2.21. The normalized spacial score (nSPS) is 10.0. The molecule has 0 bridgehead atoms. The second kappa shape index (κ2) is 8.89. The summed E-state index contributed by atoms with van der Waals surface area (Å²) < 4.78 is 10.4. The first-order valence-corrected chi connectivity index (χ1v) is 7.91. The highest BCUT2D eigenvalue weighted by molar-refractivity contribution is 6.29. The number of hydrogen-bond donors (Lipinski definition) is 2. The van der Waals surface area contributed by atoms with Gasteiger partial charge in [0.1, 0.15) is 17.4 Å². The highest BCUT2D eigenvalue weighted by atomic mass is 35.5. The third-order valence-corrected chi connectivity index (χ3v) is 3.64. The van der Waals surface area contributed by atoms with Crippen molar-refractivity contribution < 1.29 is 19.1 Å². The van der Waals surface area contributed by atoms with Gasteiger partial charge in [-0.15, -0.1) is 11.6 Å². The van der Waals surface area contributed by atoms with Crippen LogP contribution in [0.15, 0.2) is 36.7 Å². The number of carbonyl (C=O) groups excluding carboxylic acids is 2. The lowest BCUT2D eigenvalue weighted by molar-refractivity contribution is -0.113. The van der Waals surface area contributed by atoms with E-state index >= 15 is 0 Å². The molecule has 0 spiro atoms. The van der Waals surface area contributed by atoms with E-state index in [0.29, 0.717) is 22.7 Å². The van der Waals surface area contributed by atoms with Crippen molar-refractivity contribution in [1.82, 2.24) is 10.3 Å². The van der Waals surface area contributed by atoms with Gasteiger partial charge in [0, 0.05) is 24.4 Å². The minimum atomic E-state index is -0.416. The maximum Gasteiger partial charge on any atom is 0.253 e. The molecule has 0 aliphatic heterocycles. The molecule has 8 heteroatoms. The van der Waals surface area contributed by atoms with Crippen molar-refractivity contribution in [3.05, 3.63) is 47.8 Å². The van der Waals surface area contributed by atoms with E-state index in [-0.39, 0.29) is 18.3 Å². The van der Waals surface area contributed by atoms with Crippen molar-refractivity contribution >= 4 is 29.1 Å². The number of carbonyl (C=O) groups is 2. The average Bonchev–Trinajstić information content (AvgIpc) is 2.66. The molecule has 1 aromatic heterocycles. The van der Waals surface area contributed by atoms with Crippen molar-refractivity contribution in [1.29, 1.82) is 0 Å². The zero-order valence-corrected chi connectivity index (χ0v) is 14.6. The number of nitrogens with zero attached hydrogens (tertiary/aromatic N) is 1. The van der Waals surface area contributed by atoms with Crippen molar-refractivity contribution in [2.24, 2.45) is 0 Å². The fourth-order valence-electron chi connectivity index (χ4n) is 2.14. The van der Waals surface area contributed by atoms with Crippen LogP contribution in [0.3, 0.4) is 0 Å². The molecule has 0 saturated heterocycles. The van der Waals surface area contributed by atoms with Gasteiger partial charge in [0.15, 0.2) is 0 Å². The highest BCUT2D eigenvalue weighted by Crippen LogP contribution is 2.24. The van der Waals surface area contributed by atoms with Gasteiger partial charge in [-0.05, 0) is 18.2 Å². The minimum Gasteiger partial charge on any atom is -0.497 e. The SMILES string of the molecule is COc1ccc(CNC(=O)c2ccncc2NC(=O)CCl)c(OC)c1. The maximum atomic E-state index is 12.4. The molecule has 2 N–H and O–H groups in total. The average molecular weight is 364 g/mol. The number of anilines is 1. The smallest absolute Gasteiger partial charge is 0.253 e. The van der Waals surface area contributed by atoms with E-state index in [4.69, 9.17) is 21.1 Å². The topological polar surface area (TPSA) is 89.5 Å². The number of hydrogen-bond acceptors (Lipinski definition) is 5. The van der Waals surface area contributed by atoms with E-state index in [9.17, 15) is 9.59 Å². The number of rotatable bonds is 7. The number of methoxy groups -OCH3 is 2. The third-order valence-electron chi connectivity index (χ3n) is 3.39. The molecule has 0 radical (unpaired) electrons. The molecule has 2 rings (SSSR count). The Morgan fingerprint density at radius 3 is 2.68 bits per heavy atom. The lowest BCUT2D eigenvalue weighted by atomic mass is 10.1. The van der Waals surface area contributed by atoms with Crippen LogP contribution in [0.4, 0.5) is 5.69 Å². The van der Waals surface area contributed by atoms with Gasteiger partial charge in [0.25, 0.3) is 5.91 Å². The van der Waals surface area contributed by atoms with E-state index in [1.807, 2.05) is 0 Å². The quantitative estimate of drug-likeness (QED) is 0.736. The Kier molecular flexibility index (Phi) is 6.59. The molecule has 25 heavy (non-hydrogen) atoms. The van der Waals surface area contributed by atoms with E-state index in [0.717, 1.165) is 5.56 Å². The molecular weight excluding hydrogens is 346 g/mol. The number of nitrogens with one attached hydrogen (secondary N) is 2. The molecule has 7 nitrogen and oxygen atoms in total. The zero-order valence-electron chi connectivity index (χ0n) is 13.8. The molecule has 0 aliphatic carbocycles. The van der Waals surface area contributed by atoms with E-state index in [1.54, 1.807) is 32.4 Å². The summed E-state index contributed by atoms with van der Waals surface area (Å²) in [5.41, 5.74) is 1.38. The molecule has 0 aliphatic rings. The molecule has 0 fully saturated rings. The largest absolute Gasteiger partial charge is 0.497 e. The standard InChI is InChI=1S/C17H18ClN3O4/c1-24-12-4-3-11(15(7-12)25-2)9-20-17(23)13-5-6-19-10-14(13)21-16(22)8-18/h3-7,10H,8-9H2,1-2H3,(H,20,23)(H,21,22). The van der Waals surface area contributed by atoms with Crippen molar-refractivity contribution in [3.63, 3.8) is 0 Å². The Morgan fingerprint density at radius 1 is 1.20 bits per heavy atom. The first-order valence-electron chi connectivity index (χ1n) is 7.38. The Labute approximate surface area is 150 Å². The summed E-state index contributed by atoms with van der Waals surface area (Å²) in [7, 11) is 3.11. The highest BCUT2D eigenvalue weighted by Gasteiger charge is 2.14. The maximum absolute atomic E-state index is 12.4. The fraction of sp³-hybridized carbons (Fsp3) is 0.235. The Bertz CT molecular complexity index is 767. The molecule has 0 unspecified atom stereocenters. The summed E-state index contributed by atoms with van der Waals surface area (Å²) in [6, 6.07) is 6.84. The van der Waals surface area contributed by atoms with Crippen molar-refractivity contribution in [2.75, 3.05) is 25.4 Å². The van der Waals surface area contributed by atoms with Gasteiger partial charge in [-0.1, -0.05) is 0 Å². The third kappa shape index (κ3) is 4.84. The lowest BCUT2D eigenvalue weighted by Crippen LogP contribution is -2.25. The first kappa shape index (κ1) is 18.5. The van der Waals surface area contributed by atoms with E-state index in [1.165, 1.54) is 18.5 Å². The van der Waals surface area contributed by atoms with E-state index in [2.05, 4.69) is 15.6 Å². The summed E-state index contributed by atoms with van der Waals surface area (Å²) in [6.07, 6.45) is 2.87. The van der Waals surface area contributed by atoms with Crippen LogP contribution in [0.25, 0.3) is 0 Å². The van der Waals surface area contributed by atoms with Crippen molar-refractivity contribution in [2.45, 2.75) is 6.54 Å². The number of ether oxygens (including phenoxy) is 2. The van der Waals surface area contributed by atoms with Crippen LogP contribution in [0, 0.1) is 0 Å². The molecule has 1 heterocycles. The van der Waals surface area contributed by atoms with Gasteiger partial charge in [0.2, 0.25) is 5.91 Å². The van der Waals surface area contributed by atoms with Gasteiger partial charge in [-0.2, -0.15) is 0 Å². The lowest BCUT2D eigenvalue weighted by Gasteiger charge is -2.13. The van der Waals surface area contributed by atoms with Gasteiger partial charge >= 0.3 is 0 Å². The summed E-state index contributed by atoms with van der Waals surface area (Å²) in [6.45, 7) is 0.247. The number of alkyl halides is 1. The number of benzene rings is 1. The zero-order chi connectivity index (χ0) is 18.2. The molecule has 0 saturated carbocycles. The summed E-state index contributed by atoms with van der Waals surface area (Å²) in [5, 5.41) is 5.33. The summed E-state index contributed by atoms with van der Waals surface area (Å²) in [4.78, 5) is 27.8. The second-order valence-corrected chi connectivity index (χ2v) is 5.23. The molecule has 2 amide bonds. The number of pyridine rings is 1. The monoisotopic (exact) mass is 363 g/mol. The Morgan fingerprint density at radius 2 is 2.00 bits per heavy atom. The number of aromatic nitrogens is 1. The Hall–Kier alpha value is -2.80. The molecule has 0 atom stereocenters. The second-order valence-electron chi connectivity index (χ2n) is 4.96. The van der Waals surface area contributed by atoms with Gasteiger partial charge in [-0.25, -0.2) is 0 Å². The van der Waals surface area contributed by atoms with E-state index < -0.39 is 5.91 Å². The van der Waals surface area contributed by atoms with Crippen LogP contribution in [-0.4, -0.2) is 36.9 Å². The molecular formula is C17H18ClN3O4. The van der Waals surface area contributed by atoms with Gasteiger partial charge in [-0.3, -0.25) is 14.6 Å². The summed E-state index contributed by atoms with van der Waals surface area (Å²) >= 11 is 5.48. The van der Waals surface area contributed by atoms with Crippen LogP contribution >= 0.6 is 11.6 Å². The molecule has 1 aromatic carbocycles. The van der Waals surface area contributed by atoms with Crippen LogP contribution < -0.4 is 20.1 Å². The van der Waals surface area contributed by atoms with Crippen LogP contribution in [-0.2, 0) is 11.3 Å². The van der Waals surface area contributed by atoms with Crippen LogP contribution in [0.2, 0.25) is 0 Å². The Balaban J connectivity index is 2.12. The van der Waals surface area contributed by atoms with Gasteiger partial charge in [0.05, 0.1) is 31.7 Å². The predicted molar refractivity (Wildman–Crippen MR) is 94.3 cm³/mol.